The summed E-state index contributed by atoms with van der Waals surface area (Å²) in [6.45, 7) is 3.34. The third-order valence-electron chi connectivity index (χ3n) is 3.46. The number of anilines is 2. The topological polar surface area (TPSA) is 90.3 Å². The lowest BCUT2D eigenvalue weighted by atomic mass is 10.1. The summed E-state index contributed by atoms with van der Waals surface area (Å²) in [4.78, 5) is 9.05. The van der Waals surface area contributed by atoms with E-state index in [1.165, 1.54) is 0 Å². The standard InChI is InChI=1S/C13H22N4O2/c1-8-10(14-3)15-12(9-4-5-9)16-11(8)17-13(2,6-18)7-19/h9,18-19H,4-7H2,1-3H3,(H2,14,15,16,17). The fourth-order valence-electron chi connectivity index (χ4n) is 1.84. The van der Waals surface area contributed by atoms with Crippen molar-refractivity contribution in [1.82, 2.24) is 9.97 Å². The van der Waals surface area contributed by atoms with Crippen LogP contribution in [-0.2, 0) is 0 Å². The van der Waals surface area contributed by atoms with Crippen molar-refractivity contribution in [2.24, 2.45) is 0 Å². The number of hydrogen-bond donors (Lipinski definition) is 4. The molecule has 106 valence electrons. The van der Waals surface area contributed by atoms with Crippen LogP contribution in [0.3, 0.4) is 0 Å². The van der Waals surface area contributed by atoms with Crippen molar-refractivity contribution in [3.63, 3.8) is 0 Å². The van der Waals surface area contributed by atoms with Crippen LogP contribution in [0.1, 0.15) is 37.1 Å². The highest BCUT2D eigenvalue weighted by Gasteiger charge is 2.30. The zero-order valence-electron chi connectivity index (χ0n) is 11.7. The SMILES string of the molecule is CNc1nc(C2CC2)nc(NC(C)(CO)CO)c1C. The van der Waals surface area contributed by atoms with Crippen LogP contribution in [0.15, 0.2) is 0 Å². The maximum absolute atomic E-state index is 9.37. The fourth-order valence-corrected chi connectivity index (χ4v) is 1.84. The van der Waals surface area contributed by atoms with Gasteiger partial charge in [0.1, 0.15) is 17.5 Å². The van der Waals surface area contributed by atoms with Gasteiger partial charge in [0.25, 0.3) is 0 Å². The van der Waals surface area contributed by atoms with Gasteiger partial charge in [0.15, 0.2) is 0 Å². The number of nitrogens with one attached hydrogen (secondary N) is 2. The van der Waals surface area contributed by atoms with Gasteiger partial charge in [-0.05, 0) is 26.7 Å². The molecule has 6 nitrogen and oxygen atoms in total. The van der Waals surface area contributed by atoms with Crippen LogP contribution < -0.4 is 10.6 Å². The van der Waals surface area contributed by atoms with E-state index >= 15 is 0 Å². The number of aromatic nitrogens is 2. The molecule has 6 heteroatoms. The number of aliphatic hydroxyl groups excluding tert-OH is 2. The molecule has 0 aromatic carbocycles. The monoisotopic (exact) mass is 266 g/mol. The first kappa shape index (κ1) is 14.0. The molecule has 0 saturated heterocycles. The molecule has 1 heterocycles. The van der Waals surface area contributed by atoms with Crippen molar-refractivity contribution < 1.29 is 10.2 Å². The van der Waals surface area contributed by atoms with Crippen LogP contribution in [0.25, 0.3) is 0 Å². The predicted octanol–water partition coefficient (Wildman–Crippen LogP) is 0.859. The van der Waals surface area contributed by atoms with Gasteiger partial charge in [-0.2, -0.15) is 0 Å². The molecule has 4 N–H and O–H groups in total. The number of aliphatic hydroxyl groups is 2. The summed E-state index contributed by atoms with van der Waals surface area (Å²) in [5.74, 6) is 2.74. The second kappa shape index (κ2) is 5.30. The molecule has 1 aromatic rings. The second-order valence-corrected chi connectivity index (χ2v) is 5.43. The summed E-state index contributed by atoms with van der Waals surface area (Å²) in [6.07, 6.45) is 2.26. The molecule has 19 heavy (non-hydrogen) atoms. The number of rotatable bonds is 6. The van der Waals surface area contributed by atoms with Gasteiger partial charge in [0.05, 0.1) is 18.8 Å². The first-order chi connectivity index (χ1) is 9.03. The summed E-state index contributed by atoms with van der Waals surface area (Å²) in [5, 5.41) is 24.9. The maximum Gasteiger partial charge on any atom is 0.136 e. The average molecular weight is 266 g/mol. The van der Waals surface area contributed by atoms with Crippen molar-refractivity contribution in [3.05, 3.63) is 11.4 Å². The lowest BCUT2D eigenvalue weighted by Gasteiger charge is -2.28. The zero-order valence-corrected chi connectivity index (χ0v) is 11.7. The Morgan fingerprint density at radius 1 is 1.21 bits per heavy atom. The molecule has 1 aliphatic carbocycles. The van der Waals surface area contributed by atoms with Gasteiger partial charge in [-0.25, -0.2) is 9.97 Å². The number of hydrogen-bond acceptors (Lipinski definition) is 6. The minimum Gasteiger partial charge on any atom is -0.394 e. The van der Waals surface area contributed by atoms with E-state index in [-0.39, 0.29) is 13.2 Å². The summed E-state index contributed by atoms with van der Waals surface area (Å²) in [5.41, 5.74) is 0.102. The molecule has 0 atom stereocenters. The van der Waals surface area contributed by atoms with E-state index in [4.69, 9.17) is 0 Å². The van der Waals surface area contributed by atoms with Gasteiger partial charge >= 0.3 is 0 Å². The molecule has 1 aromatic heterocycles. The average Bonchev–Trinajstić information content (AvgIpc) is 3.25. The number of nitrogens with zero attached hydrogens (tertiary/aromatic N) is 2. The van der Waals surface area contributed by atoms with E-state index < -0.39 is 5.54 Å². The summed E-state index contributed by atoms with van der Waals surface area (Å²) < 4.78 is 0. The molecular weight excluding hydrogens is 244 g/mol. The van der Waals surface area contributed by atoms with E-state index in [0.29, 0.717) is 11.7 Å². The lowest BCUT2D eigenvalue weighted by molar-refractivity contribution is 0.147. The smallest absolute Gasteiger partial charge is 0.136 e. The Morgan fingerprint density at radius 3 is 2.26 bits per heavy atom. The van der Waals surface area contributed by atoms with E-state index in [2.05, 4.69) is 20.6 Å². The molecule has 0 amide bonds. The van der Waals surface area contributed by atoms with Gasteiger partial charge in [-0.3, -0.25) is 0 Å². The highest BCUT2D eigenvalue weighted by atomic mass is 16.3. The molecule has 1 fully saturated rings. The van der Waals surface area contributed by atoms with Crippen molar-refractivity contribution >= 4 is 11.6 Å². The molecule has 2 rings (SSSR count). The minimum atomic E-state index is -0.787. The molecule has 1 aliphatic rings. The maximum atomic E-state index is 9.37. The third-order valence-corrected chi connectivity index (χ3v) is 3.46. The Morgan fingerprint density at radius 2 is 1.79 bits per heavy atom. The molecule has 0 unspecified atom stereocenters. The largest absolute Gasteiger partial charge is 0.394 e. The van der Waals surface area contributed by atoms with E-state index in [0.717, 1.165) is 30.0 Å². The Hall–Kier alpha value is -1.40. The van der Waals surface area contributed by atoms with Crippen LogP contribution in [0.5, 0.6) is 0 Å². The van der Waals surface area contributed by atoms with Crippen LogP contribution in [0.2, 0.25) is 0 Å². The first-order valence-corrected chi connectivity index (χ1v) is 6.59. The summed E-state index contributed by atoms with van der Waals surface area (Å²) in [7, 11) is 1.83. The van der Waals surface area contributed by atoms with Crippen molar-refractivity contribution in [2.75, 3.05) is 30.9 Å². The van der Waals surface area contributed by atoms with Crippen LogP contribution >= 0.6 is 0 Å². The van der Waals surface area contributed by atoms with Gasteiger partial charge in [0, 0.05) is 18.5 Å². The summed E-state index contributed by atoms with van der Waals surface area (Å²) in [6, 6.07) is 0. The van der Waals surface area contributed by atoms with E-state index in [1.807, 2.05) is 14.0 Å². The molecule has 0 bridgehead atoms. The first-order valence-electron chi connectivity index (χ1n) is 6.59. The zero-order chi connectivity index (χ0) is 14.0. The summed E-state index contributed by atoms with van der Waals surface area (Å²) >= 11 is 0. The highest BCUT2D eigenvalue weighted by molar-refractivity contribution is 5.58. The minimum absolute atomic E-state index is 0.166. The fraction of sp³-hybridized carbons (Fsp3) is 0.692. The van der Waals surface area contributed by atoms with Crippen LogP contribution in [-0.4, -0.2) is 46.0 Å². The quantitative estimate of drug-likeness (QED) is 0.610. The molecule has 0 radical (unpaired) electrons. The van der Waals surface area contributed by atoms with Crippen LogP contribution in [0, 0.1) is 6.92 Å². The van der Waals surface area contributed by atoms with E-state index in [9.17, 15) is 10.2 Å². The molecule has 0 spiro atoms. The van der Waals surface area contributed by atoms with Crippen LogP contribution in [0.4, 0.5) is 11.6 Å². The van der Waals surface area contributed by atoms with Gasteiger partial charge in [-0.1, -0.05) is 0 Å². The lowest BCUT2D eigenvalue weighted by Crippen LogP contribution is -2.43. The molecule has 1 saturated carbocycles. The third kappa shape index (κ3) is 2.96. The Kier molecular flexibility index (Phi) is 3.91. The van der Waals surface area contributed by atoms with Gasteiger partial charge < -0.3 is 20.8 Å². The second-order valence-electron chi connectivity index (χ2n) is 5.43. The molecular formula is C13H22N4O2. The Balaban J connectivity index is 2.35. The van der Waals surface area contributed by atoms with Gasteiger partial charge in [0.2, 0.25) is 0 Å². The van der Waals surface area contributed by atoms with Crippen molar-refractivity contribution in [1.29, 1.82) is 0 Å². The Labute approximate surface area is 113 Å². The molecule has 0 aliphatic heterocycles. The van der Waals surface area contributed by atoms with Crippen molar-refractivity contribution in [3.8, 4) is 0 Å². The van der Waals surface area contributed by atoms with Crippen molar-refractivity contribution in [2.45, 2.75) is 38.1 Å². The predicted molar refractivity (Wildman–Crippen MR) is 74.5 cm³/mol. The highest BCUT2D eigenvalue weighted by Crippen LogP contribution is 2.39. The van der Waals surface area contributed by atoms with E-state index in [1.54, 1.807) is 6.92 Å². The normalized spacial score (nSPS) is 15.4. The Bertz CT molecular complexity index is 456. The van der Waals surface area contributed by atoms with Gasteiger partial charge in [-0.15, -0.1) is 0 Å².